The van der Waals surface area contributed by atoms with Gasteiger partial charge in [-0.1, -0.05) is 29.5 Å². The van der Waals surface area contributed by atoms with Crippen LogP contribution >= 0.6 is 11.3 Å². The van der Waals surface area contributed by atoms with Gasteiger partial charge in [-0.15, -0.1) is 10.2 Å². The van der Waals surface area contributed by atoms with Crippen LogP contribution in [0.1, 0.15) is 17.5 Å². The molecule has 0 atom stereocenters. The zero-order chi connectivity index (χ0) is 12.1. The summed E-state index contributed by atoms with van der Waals surface area (Å²) >= 11 is 1.55. The van der Waals surface area contributed by atoms with E-state index in [4.69, 9.17) is 4.74 Å². The molecule has 0 saturated heterocycles. The van der Waals surface area contributed by atoms with Gasteiger partial charge in [-0.25, -0.2) is 0 Å². The molecular weight excluding hydrogens is 234 g/mol. The van der Waals surface area contributed by atoms with Gasteiger partial charge in [-0.3, -0.25) is 0 Å². The van der Waals surface area contributed by atoms with Gasteiger partial charge in [0.15, 0.2) is 0 Å². The molecule has 90 valence electrons. The first-order chi connectivity index (χ1) is 8.29. The molecule has 0 saturated carbocycles. The third kappa shape index (κ3) is 3.17. The molecule has 0 spiro atoms. The number of nitrogens with zero attached hydrogens (tertiary/aromatic N) is 2. The van der Waals surface area contributed by atoms with Crippen LogP contribution in [-0.2, 0) is 6.54 Å². The van der Waals surface area contributed by atoms with Crippen LogP contribution < -0.4 is 10.1 Å². The number of hydrogen-bond acceptors (Lipinski definition) is 5. The normalized spacial score (nSPS) is 10.2. The standard InChI is InChI=1S/C12H15N3OS/c1-3-16-11-7-5-4-6-10(11)8-13-12-15-14-9(2)17-12/h4-7H,3,8H2,1-2H3,(H,13,15). The molecule has 0 aliphatic rings. The van der Waals surface area contributed by atoms with E-state index in [9.17, 15) is 0 Å². The molecule has 0 amide bonds. The maximum atomic E-state index is 5.56. The van der Waals surface area contributed by atoms with Crippen LogP contribution in [0.15, 0.2) is 24.3 Å². The van der Waals surface area contributed by atoms with Crippen LogP contribution in [0.25, 0.3) is 0 Å². The van der Waals surface area contributed by atoms with Gasteiger partial charge < -0.3 is 10.1 Å². The zero-order valence-corrected chi connectivity index (χ0v) is 10.8. The lowest BCUT2D eigenvalue weighted by Gasteiger charge is -2.09. The van der Waals surface area contributed by atoms with Crippen molar-refractivity contribution in [3.8, 4) is 5.75 Å². The number of nitrogens with one attached hydrogen (secondary N) is 1. The summed E-state index contributed by atoms with van der Waals surface area (Å²) in [6, 6.07) is 8.01. The summed E-state index contributed by atoms with van der Waals surface area (Å²) in [4.78, 5) is 0. The maximum Gasteiger partial charge on any atom is 0.205 e. The number of para-hydroxylation sites is 1. The number of aromatic nitrogens is 2. The number of rotatable bonds is 5. The van der Waals surface area contributed by atoms with Crippen molar-refractivity contribution in [2.24, 2.45) is 0 Å². The molecule has 17 heavy (non-hydrogen) atoms. The van der Waals surface area contributed by atoms with E-state index >= 15 is 0 Å². The van der Waals surface area contributed by atoms with E-state index in [0.717, 1.165) is 21.5 Å². The van der Waals surface area contributed by atoms with Crippen LogP contribution in [0.4, 0.5) is 5.13 Å². The van der Waals surface area contributed by atoms with Gasteiger partial charge >= 0.3 is 0 Å². The molecular formula is C12H15N3OS. The predicted molar refractivity (Wildman–Crippen MR) is 69.6 cm³/mol. The van der Waals surface area contributed by atoms with Crippen molar-refractivity contribution in [1.82, 2.24) is 10.2 Å². The second-order valence-electron chi connectivity index (χ2n) is 3.52. The van der Waals surface area contributed by atoms with E-state index in [0.29, 0.717) is 13.2 Å². The molecule has 4 nitrogen and oxygen atoms in total. The first-order valence-corrected chi connectivity index (χ1v) is 6.36. The van der Waals surface area contributed by atoms with E-state index in [-0.39, 0.29) is 0 Å². The number of ether oxygens (including phenoxy) is 1. The lowest BCUT2D eigenvalue weighted by molar-refractivity contribution is 0.337. The Labute approximate surface area is 105 Å². The summed E-state index contributed by atoms with van der Waals surface area (Å²) in [5, 5.41) is 13.0. The van der Waals surface area contributed by atoms with Gasteiger partial charge in [0.25, 0.3) is 0 Å². The molecule has 0 unspecified atom stereocenters. The minimum Gasteiger partial charge on any atom is -0.494 e. The Morgan fingerprint density at radius 2 is 2.12 bits per heavy atom. The molecule has 1 aromatic carbocycles. The van der Waals surface area contributed by atoms with Crippen LogP contribution in [0.2, 0.25) is 0 Å². The molecule has 2 rings (SSSR count). The van der Waals surface area contributed by atoms with Crippen LogP contribution in [-0.4, -0.2) is 16.8 Å². The minimum absolute atomic E-state index is 0.676. The first kappa shape index (κ1) is 11.9. The van der Waals surface area contributed by atoms with Gasteiger partial charge in [-0.05, 0) is 19.9 Å². The van der Waals surface area contributed by atoms with Crippen molar-refractivity contribution in [2.45, 2.75) is 20.4 Å². The summed E-state index contributed by atoms with van der Waals surface area (Å²) in [7, 11) is 0. The molecule has 0 bridgehead atoms. The summed E-state index contributed by atoms with van der Waals surface area (Å²) in [5.74, 6) is 0.920. The van der Waals surface area contributed by atoms with E-state index in [1.54, 1.807) is 11.3 Å². The molecule has 0 fully saturated rings. The summed E-state index contributed by atoms with van der Waals surface area (Å²) < 4.78 is 5.56. The van der Waals surface area contributed by atoms with E-state index in [2.05, 4.69) is 15.5 Å². The molecule has 1 aromatic heterocycles. The smallest absolute Gasteiger partial charge is 0.205 e. The van der Waals surface area contributed by atoms with Gasteiger partial charge in [-0.2, -0.15) is 0 Å². The number of anilines is 1. The highest BCUT2D eigenvalue weighted by Crippen LogP contribution is 2.20. The fraction of sp³-hybridized carbons (Fsp3) is 0.333. The lowest BCUT2D eigenvalue weighted by atomic mass is 10.2. The van der Waals surface area contributed by atoms with Crippen molar-refractivity contribution in [3.63, 3.8) is 0 Å². The Hall–Kier alpha value is -1.62. The molecule has 0 aliphatic heterocycles. The van der Waals surface area contributed by atoms with Crippen molar-refractivity contribution in [2.75, 3.05) is 11.9 Å². The summed E-state index contributed by atoms with van der Waals surface area (Å²) in [6.45, 7) is 5.30. The highest BCUT2D eigenvalue weighted by Gasteiger charge is 2.04. The lowest BCUT2D eigenvalue weighted by Crippen LogP contribution is -2.02. The quantitative estimate of drug-likeness (QED) is 0.885. The van der Waals surface area contributed by atoms with Crippen LogP contribution in [0.5, 0.6) is 5.75 Å². The van der Waals surface area contributed by atoms with Crippen molar-refractivity contribution < 1.29 is 4.74 Å². The van der Waals surface area contributed by atoms with Gasteiger partial charge in [0.2, 0.25) is 5.13 Å². The van der Waals surface area contributed by atoms with Crippen LogP contribution in [0, 0.1) is 6.92 Å². The van der Waals surface area contributed by atoms with E-state index in [1.165, 1.54) is 0 Å². The average molecular weight is 249 g/mol. The summed E-state index contributed by atoms with van der Waals surface area (Å²) in [5.41, 5.74) is 1.13. The second-order valence-corrected chi connectivity index (χ2v) is 4.70. The van der Waals surface area contributed by atoms with E-state index in [1.807, 2.05) is 38.1 Å². The molecule has 0 aliphatic carbocycles. The molecule has 5 heteroatoms. The monoisotopic (exact) mass is 249 g/mol. The SMILES string of the molecule is CCOc1ccccc1CNc1nnc(C)s1. The fourth-order valence-corrected chi connectivity index (χ4v) is 2.07. The molecule has 0 radical (unpaired) electrons. The van der Waals surface area contributed by atoms with Gasteiger partial charge in [0, 0.05) is 12.1 Å². The predicted octanol–water partition coefficient (Wildman–Crippen LogP) is 2.86. The third-order valence-electron chi connectivity index (χ3n) is 2.23. The largest absolute Gasteiger partial charge is 0.494 e. The van der Waals surface area contributed by atoms with Gasteiger partial charge in [0.05, 0.1) is 6.61 Å². The topological polar surface area (TPSA) is 47.0 Å². The van der Waals surface area contributed by atoms with Crippen LogP contribution in [0.3, 0.4) is 0 Å². The minimum atomic E-state index is 0.676. The van der Waals surface area contributed by atoms with Crippen molar-refractivity contribution >= 4 is 16.5 Å². The highest BCUT2D eigenvalue weighted by molar-refractivity contribution is 7.15. The van der Waals surface area contributed by atoms with Crippen molar-refractivity contribution in [3.05, 3.63) is 34.8 Å². The molecule has 1 N–H and O–H groups in total. The second kappa shape index (κ2) is 5.63. The highest BCUT2D eigenvalue weighted by atomic mass is 32.1. The Morgan fingerprint density at radius 3 is 2.82 bits per heavy atom. The average Bonchev–Trinajstić information content (AvgIpc) is 2.74. The summed E-state index contributed by atoms with van der Waals surface area (Å²) in [6.07, 6.45) is 0. The number of hydrogen-bond donors (Lipinski definition) is 1. The molecule has 1 heterocycles. The first-order valence-electron chi connectivity index (χ1n) is 5.54. The Morgan fingerprint density at radius 1 is 1.29 bits per heavy atom. The Kier molecular flexibility index (Phi) is 3.93. The Bertz CT molecular complexity index is 484. The van der Waals surface area contributed by atoms with E-state index < -0.39 is 0 Å². The molecule has 2 aromatic rings. The number of aryl methyl sites for hydroxylation is 1. The third-order valence-corrected chi connectivity index (χ3v) is 3.02. The fourth-order valence-electron chi connectivity index (χ4n) is 1.49. The Balaban J connectivity index is 2.03. The maximum absolute atomic E-state index is 5.56. The number of benzene rings is 1. The zero-order valence-electron chi connectivity index (χ0n) is 9.93. The van der Waals surface area contributed by atoms with Gasteiger partial charge in [0.1, 0.15) is 10.8 Å². The van der Waals surface area contributed by atoms with Crippen molar-refractivity contribution in [1.29, 1.82) is 0 Å².